The van der Waals surface area contributed by atoms with Crippen molar-refractivity contribution in [2.75, 3.05) is 13.2 Å². The lowest BCUT2D eigenvalue weighted by atomic mass is 9.93. The molecule has 0 radical (unpaired) electrons. The van der Waals surface area contributed by atoms with Crippen LogP contribution < -0.4 is 5.32 Å². The molecule has 0 bridgehead atoms. The van der Waals surface area contributed by atoms with Gasteiger partial charge in [0.15, 0.2) is 0 Å². The van der Waals surface area contributed by atoms with Gasteiger partial charge in [0.2, 0.25) is 0 Å². The maximum absolute atomic E-state index is 12.5. The first-order chi connectivity index (χ1) is 11.9. The van der Waals surface area contributed by atoms with E-state index in [9.17, 15) is 23.1 Å². The number of nitrogens with one attached hydrogen (secondary N) is 1. The van der Waals surface area contributed by atoms with Crippen molar-refractivity contribution in [3.8, 4) is 0 Å². The second kappa shape index (κ2) is 8.67. The lowest BCUT2D eigenvalue weighted by molar-refractivity contribution is -0.137. The normalized spacial score (nSPS) is 12.6. The van der Waals surface area contributed by atoms with E-state index in [1.807, 2.05) is 30.3 Å². The molecule has 0 aliphatic carbocycles. The van der Waals surface area contributed by atoms with E-state index in [0.717, 1.165) is 17.7 Å². The van der Waals surface area contributed by atoms with E-state index < -0.39 is 17.6 Å². The van der Waals surface area contributed by atoms with Gasteiger partial charge in [0, 0.05) is 18.7 Å². The third-order valence-electron chi connectivity index (χ3n) is 4.00. The molecule has 0 saturated heterocycles. The third kappa shape index (κ3) is 5.60. The Balaban J connectivity index is 1.90. The number of benzene rings is 2. The number of amides is 1. The number of rotatable bonds is 7. The predicted octanol–water partition coefficient (Wildman–Crippen LogP) is 3.99. The summed E-state index contributed by atoms with van der Waals surface area (Å²) in [5.41, 5.74) is 0.489. The summed E-state index contributed by atoms with van der Waals surface area (Å²) in [6.07, 6.45) is -3.20. The molecule has 25 heavy (non-hydrogen) atoms. The van der Waals surface area contributed by atoms with Crippen LogP contribution in [0.4, 0.5) is 13.2 Å². The van der Waals surface area contributed by atoms with E-state index in [-0.39, 0.29) is 18.1 Å². The molecule has 0 aromatic heterocycles. The van der Waals surface area contributed by atoms with Crippen molar-refractivity contribution in [1.82, 2.24) is 5.32 Å². The fraction of sp³-hybridized carbons (Fsp3) is 0.316. The van der Waals surface area contributed by atoms with Gasteiger partial charge >= 0.3 is 6.18 Å². The van der Waals surface area contributed by atoms with Crippen molar-refractivity contribution < 1.29 is 23.1 Å². The average Bonchev–Trinajstić information content (AvgIpc) is 2.61. The van der Waals surface area contributed by atoms with Crippen LogP contribution in [-0.2, 0) is 6.18 Å². The highest BCUT2D eigenvalue weighted by Gasteiger charge is 2.30. The quantitative estimate of drug-likeness (QED) is 0.792. The molecule has 2 aromatic carbocycles. The van der Waals surface area contributed by atoms with Gasteiger partial charge in [-0.2, -0.15) is 13.2 Å². The van der Waals surface area contributed by atoms with E-state index in [2.05, 4.69) is 5.32 Å². The number of carbonyl (C=O) groups is 1. The van der Waals surface area contributed by atoms with Crippen LogP contribution in [0.3, 0.4) is 0 Å². The molecule has 0 aliphatic rings. The van der Waals surface area contributed by atoms with Crippen molar-refractivity contribution in [3.63, 3.8) is 0 Å². The molecule has 134 valence electrons. The Morgan fingerprint density at radius 2 is 1.64 bits per heavy atom. The molecule has 3 nitrogen and oxygen atoms in total. The maximum atomic E-state index is 12.5. The van der Waals surface area contributed by atoms with Crippen LogP contribution in [0, 0.1) is 0 Å². The third-order valence-corrected chi connectivity index (χ3v) is 4.00. The first-order valence-corrected chi connectivity index (χ1v) is 8.03. The van der Waals surface area contributed by atoms with Gasteiger partial charge < -0.3 is 10.4 Å². The first-order valence-electron chi connectivity index (χ1n) is 8.03. The Hall–Kier alpha value is -2.34. The van der Waals surface area contributed by atoms with Crippen LogP contribution in [0.15, 0.2) is 54.6 Å². The summed E-state index contributed by atoms with van der Waals surface area (Å²) in [5, 5.41) is 11.9. The second-order valence-corrected chi connectivity index (χ2v) is 5.74. The fourth-order valence-electron chi connectivity index (χ4n) is 2.63. The van der Waals surface area contributed by atoms with Crippen LogP contribution in [0.1, 0.15) is 40.2 Å². The molecular weight excluding hydrogens is 331 g/mol. The Morgan fingerprint density at radius 1 is 1.00 bits per heavy atom. The summed E-state index contributed by atoms with van der Waals surface area (Å²) in [6, 6.07) is 13.8. The zero-order chi connectivity index (χ0) is 18.3. The van der Waals surface area contributed by atoms with Crippen molar-refractivity contribution in [3.05, 3.63) is 71.3 Å². The molecule has 1 atom stereocenters. The van der Waals surface area contributed by atoms with Gasteiger partial charge in [0.25, 0.3) is 5.91 Å². The number of aliphatic hydroxyl groups is 1. The molecule has 0 saturated carbocycles. The van der Waals surface area contributed by atoms with Gasteiger partial charge in [-0.3, -0.25) is 4.79 Å². The largest absolute Gasteiger partial charge is 0.416 e. The van der Waals surface area contributed by atoms with E-state index >= 15 is 0 Å². The molecule has 6 heteroatoms. The topological polar surface area (TPSA) is 49.3 Å². The number of carbonyl (C=O) groups excluding carboxylic acids is 1. The highest BCUT2D eigenvalue weighted by Crippen LogP contribution is 2.29. The minimum absolute atomic E-state index is 0.0480. The molecular formula is C19H20F3NO2. The summed E-state index contributed by atoms with van der Waals surface area (Å²) in [7, 11) is 0. The first kappa shape index (κ1) is 19.0. The standard InChI is InChI=1S/C19H20F3NO2/c20-19(21,22)17-8-6-16(7-9-17)18(25)23-12-10-15(11-13-24)14-4-2-1-3-5-14/h1-9,15,24H,10-13H2,(H,23,25)/t15-/m1/s1. The molecule has 0 unspecified atom stereocenters. The smallest absolute Gasteiger partial charge is 0.396 e. The van der Waals surface area contributed by atoms with Crippen LogP contribution in [0.5, 0.6) is 0 Å². The summed E-state index contributed by atoms with van der Waals surface area (Å²) in [5.74, 6) is -0.302. The number of aliphatic hydroxyl groups excluding tert-OH is 1. The van der Waals surface area contributed by atoms with Gasteiger partial charge in [0.05, 0.1) is 5.56 Å². The second-order valence-electron chi connectivity index (χ2n) is 5.74. The average molecular weight is 351 g/mol. The molecule has 0 spiro atoms. The molecule has 0 aliphatic heterocycles. The van der Waals surface area contributed by atoms with Crippen LogP contribution in [0.25, 0.3) is 0 Å². The van der Waals surface area contributed by atoms with Crippen molar-refractivity contribution in [2.24, 2.45) is 0 Å². The van der Waals surface area contributed by atoms with Crippen molar-refractivity contribution >= 4 is 5.91 Å². The molecule has 0 heterocycles. The Morgan fingerprint density at radius 3 is 2.20 bits per heavy atom. The van der Waals surface area contributed by atoms with Crippen molar-refractivity contribution in [2.45, 2.75) is 24.9 Å². The summed E-state index contributed by atoms with van der Waals surface area (Å²) in [6.45, 7) is 0.422. The number of hydrogen-bond acceptors (Lipinski definition) is 2. The van der Waals surface area contributed by atoms with Gasteiger partial charge in [-0.05, 0) is 48.6 Å². The van der Waals surface area contributed by atoms with Crippen LogP contribution in [0.2, 0.25) is 0 Å². The zero-order valence-corrected chi connectivity index (χ0v) is 13.6. The Labute approximate surface area is 144 Å². The predicted molar refractivity (Wildman–Crippen MR) is 89.3 cm³/mol. The van der Waals surface area contributed by atoms with E-state index in [1.54, 1.807) is 0 Å². The van der Waals surface area contributed by atoms with Gasteiger partial charge in [-0.25, -0.2) is 0 Å². The van der Waals surface area contributed by atoms with E-state index in [4.69, 9.17) is 0 Å². The summed E-state index contributed by atoms with van der Waals surface area (Å²) >= 11 is 0. The molecule has 2 N–H and O–H groups in total. The van der Waals surface area contributed by atoms with Gasteiger partial charge in [-0.1, -0.05) is 30.3 Å². The molecule has 0 fully saturated rings. The number of alkyl halides is 3. The molecule has 2 rings (SSSR count). The highest BCUT2D eigenvalue weighted by atomic mass is 19.4. The lowest BCUT2D eigenvalue weighted by Crippen LogP contribution is -2.26. The van der Waals surface area contributed by atoms with Crippen LogP contribution >= 0.6 is 0 Å². The summed E-state index contributed by atoms with van der Waals surface area (Å²) in [4.78, 5) is 12.0. The Bertz CT molecular complexity index is 669. The van der Waals surface area contributed by atoms with E-state index in [0.29, 0.717) is 19.4 Å². The fourth-order valence-corrected chi connectivity index (χ4v) is 2.63. The van der Waals surface area contributed by atoms with E-state index in [1.165, 1.54) is 12.1 Å². The van der Waals surface area contributed by atoms with Crippen molar-refractivity contribution in [1.29, 1.82) is 0 Å². The van der Waals surface area contributed by atoms with Gasteiger partial charge in [-0.15, -0.1) is 0 Å². The molecule has 1 amide bonds. The maximum Gasteiger partial charge on any atom is 0.416 e. The lowest BCUT2D eigenvalue weighted by Gasteiger charge is -2.16. The minimum Gasteiger partial charge on any atom is -0.396 e. The zero-order valence-electron chi connectivity index (χ0n) is 13.6. The summed E-state index contributed by atoms with van der Waals surface area (Å²) < 4.78 is 37.6. The highest BCUT2D eigenvalue weighted by molar-refractivity contribution is 5.94. The number of hydrogen-bond donors (Lipinski definition) is 2. The van der Waals surface area contributed by atoms with Crippen LogP contribution in [-0.4, -0.2) is 24.2 Å². The molecule has 2 aromatic rings. The minimum atomic E-state index is -4.41. The van der Waals surface area contributed by atoms with Gasteiger partial charge in [0.1, 0.15) is 0 Å². The SMILES string of the molecule is O=C(NCC[C@H](CCO)c1ccccc1)c1ccc(C(F)(F)F)cc1. The monoisotopic (exact) mass is 351 g/mol. The number of halogens is 3. The Kier molecular flexibility index (Phi) is 6.58.